The Bertz CT molecular complexity index is 1740. The molecule has 0 spiro atoms. The van der Waals surface area contributed by atoms with E-state index in [1.165, 1.54) is 13.0 Å². The molecule has 3 heterocycles. The normalized spacial score (nSPS) is 19.2. The van der Waals surface area contributed by atoms with E-state index in [0.717, 1.165) is 46.1 Å². The summed E-state index contributed by atoms with van der Waals surface area (Å²) in [7, 11) is 0. The Morgan fingerprint density at radius 2 is 1.85 bits per heavy atom. The van der Waals surface area contributed by atoms with Crippen molar-refractivity contribution in [2.45, 2.75) is 65.5 Å². The van der Waals surface area contributed by atoms with Gasteiger partial charge in [0.15, 0.2) is 5.82 Å². The number of nitrogens with zero attached hydrogens (tertiary/aromatic N) is 5. The number of amides is 2. The number of H-pyrrole nitrogens is 1. The van der Waals surface area contributed by atoms with Crippen LogP contribution < -0.4 is 10.2 Å². The maximum absolute atomic E-state index is 16.9. The summed E-state index contributed by atoms with van der Waals surface area (Å²) >= 11 is 0. The highest BCUT2D eigenvalue weighted by atomic mass is 19.1. The number of benzene rings is 2. The van der Waals surface area contributed by atoms with Gasteiger partial charge in [-0.15, -0.1) is 0 Å². The number of hydrogen-bond acceptors (Lipinski definition) is 6. The molecule has 9 nitrogen and oxygen atoms in total. The van der Waals surface area contributed by atoms with Gasteiger partial charge in [-0.25, -0.2) is 9.37 Å². The molecule has 1 saturated carbocycles. The van der Waals surface area contributed by atoms with Gasteiger partial charge < -0.3 is 9.80 Å². The van der Waals surface area contributed by atoms with Gasteiger partial charge >= 0.3 is 0 Å². The molecule has 4 aromatic rings. The molecular formula is C31H34FN7O2. The maximum Gasteiger partial charge on any atom is 0.246 e. The SMILES string of the molecule is C=CC(=O)N1C[C@H](C)N(c2nc(NC(C)=O)nc3c(F)c(-c4c(C)ccc5n[nH]c(C6CC6)c45)c(C)cc23)C[C@H]1C. The van der Waals surface area contributed by atoms with E-state index in [1.54, 1.807) is 4.90 Å². The van der Waals surface area contributed by atoms with Gasteiger partial charge in [0.1, 0.15) is 11.3 Å². The summed E-state index contributed by atoms with van der Waals surface area (Å²) < 4.78 is 16.9. The van der Waals surface area contributed by atoms with Crippen LogP contribution in [0.3, 0.4) is 0 Å². The fourth-order valence-corrected chi connectivity index (χ4v) is 6.15. The van der Waals surface area contributed by atoms with Gasteiger partial charge in [-0.05, 0) is 75.4 Å². The molecule has 2 aromatic heterocycles. The summed E-state index contributed by atoms with van der Waals surface area (Å²) in [5, 5.41) is 11.9. The van der Waals surface area contributed by atoms with Gasteiger partial charge in [-0.3, -0.25) is 20.0 Å². The lowest BCUT2D eigenvalue weighted by atomic mass is 9.90. The average molecular weight is 556 g/mol. The molecule has 0 unspecified atom stereocenters. The zero-order chi connectivity index (χ0) is 29.2. The van der Waals surface area contributed by atoms with Crippen molar-refractivity contribution >= 4 is 45.4 Å². The van der Waals surface area contributed by atoms with E-state index < -0.39 is 5.82 Å². The Morgan fingerprint density at radius 3 is 2.54 bits per heavy atom. The fraction of sp³-hybridized carbons (Fsp3) is 0.387. The summed E-state index contributed by atoms with van der Waals surface area (Å²) in [6, 6.07) is 5.63. The van der Waals surface area contributed by atoms with Gasteiger partial charge in [-0.2, -0.15) is 10.1 Å². The van der Waals surface area contributed by atoms with E-state index in [2.05, 4.69) is 32.0 Å². The van der Waals surface area contributed by atoms with Crippen LogP contribution in [-0.4, -0.2) is 62.1 Å². The maximum atomic E-state index is 16.9. The number of hydrogen-bond donors (Lipinski definition) is 2. The first kappa shape index (κ1) is 26.9. The number of nitrogens with one attached hydrogen (secondary N) is 2. The lowest BCUT2D eigenvalue weighted by Gasteiger charge is -2.44. The van der Waals surface area contributed by atoms with Crippen LogP contribution in [0.5, 0.6) is 0 Å². The molecule has 2 amide bonds. The highest BCUT2D eigenvalue weighted by Gasteiger charge is 2.34. The minimum Gasteiger partial charge on any atom is -0.349 e. The van der Waals surface area contributed by atoms with Crippen LogP contribution in [0.1, 0.15) is 56.4 Å². The highest BCUT2D eigenvalue weighted by molar-refractivity contribution is 6.03. The molecule has 2 aliphatic rings. The molecule has 2 fully saturated rings. The Morgan fingerprint density at radius 1 is 1.10 bits per heavy atom. The van der Waals surface area contributed by atoms with Gasteiger partial charge in [-0.1, -0.05) is 12.6 Å². The summed E-state index contributed by atoms with van der Waals surface area (Å²) in [4.78, 5) is 37.6. The molecule has 2 N–H and O–H groups in total. The van der Waals surface area contributed by atoms with E-state index in [0.29, 0.717) is 35.8 Å². The quantitative estimate of drug-likeness (QED) is 0.321. The molecule has 2 atom stereocenters. The van der Waals surface area contributed by atoms with E-state index >= 15 is 4.39 Å². The lowest BCUT2D eigenvalue weighted by Crippen LogP contribution is -2.58. The second-order valence-electron chi connectivity index (χ2n) is 11.4. The first-order valence-corrected chi connectivity index (χ1v) is 14.0. The molecule has 1 saturated heterocycles. The second-order valence-corrected chi connectivity index (χ2v) is 11.4. The number of piperazine rings is 1. The Hall–Kier alpha value is -4.34. The summed E-state index contributed by atoms with van der Waals surface area (Å²) in [5.74, 6) is 0.0226. The van der Waals surface area contributed by atoms with Gasteiger partial charge in [0.25, 0.3) is 0 Å². The van der Waals surface area contributed by atoms with Crippen LogP contribution in [-0.2, 0) is 9.59 Å². The standard InChI is InChI=1S/C31H34FN7O2/c1-7-23(41)38-13-18(5)39(14-17(38)4)30-21-12-16(3)25(27(32)29(21)34-31(35-30)33-19(6)40)24-15(2)8-11-22-26(24)28(37-36-22)20-9-10-20/h7-8,11-12,17-18,20H,1,9-10,13-14H2,2-6H3,(H,36,37)(H,33,34,35,40)/t17-,18+/m1/s1. The number of carbonyl (C=O) groups excluding carboxylic acids is 2. The molecule has 1 aliphatic carbocycles. The number of aromatic amines is 1. The van der Waals surface area contributed by atoms with Crippen LogP contribution in [0.4, 0.5) is 16.2 Å². The van der Waals surface area contributed by atoms with Crippen molar-refractivity contribution in [2.75, 3.05) is 23.3 Å². The monoisotopic (exact) mass is 555 g/mol. The Labute approximate surface area is 237 Å². The minimum absolute atomic E-state index is 0.0371. The largest absolute Gasteiger partial charge is 0.349 e. The molecule has 1 aliphatic heterocycles. The van der Waals surface area contributed by atoms with E-state index in [1.807, 2.05) is 45.9 Å². The minimum atomic E-state index is -0.463. The third kappa shape index (κ3) is 4.51. The van der Waals surface area contributed by atoms with Crippen LogP contribution in [0.25, 0.3) is 32.9 Å². The van der Waals surface area contributed by atoms with Crippen molar-refractivity contribution in [3.05, 3.63) is 53.5 Å². The molecule has 212 valence electrons. The Kier molecular flexibility index (Phi) is 6.51. The molecule has 10 heteroatoms. The molecule has 41 heavy (non-hydrogen) atoms. The molecule has 0 radical (unpaired) electrons. The highest BCUT2D eigenvalue weighted by Crippen LogP contribution is 2.47. The number of anilines is 2. The summed E-state index contributed by atoms with van der Waals surface area (Å²) in [6.07, 6.45) is 3.50. The number of rotatable bonds is 5. The van der Waals surface area contributed by atoms with Crippen molar-refractivity contribution in [2.24, 2.45) is 0 Å². The number of aryl methyl sites for hydroxylation is 2. The first-order chi connectivity index (χ1) is 19.6. The van der Waals surface area contributed by atoms with E-state index in [9.17, 15) is 9.59 Å². The van der Waals surface area contributed by atoms with Gasteiger partial charge in [0, 0.05) is 60.0 Å². The molecule has 2 aromatic carbocycles. The summed E-state index contributed by atoms with van der Waals surface area (Å²) in [5.41, 5.74) is 4.99. The summed E-state index contributed by atoms with van der Waals surface area (Å²) in [6.45, 7) is 13.8. The second kappa shape index (κ2) is 9.94. The van der Waals surface area contributed by atoms with Crippen LogP contribution in [0.2, 0.25) is 0 Å². The van der Waals surface area contributed by atoms with Crippen LogP contribution >= 0.6 is 0 Å². The average Bonchev–Trinajstić information content (AvgIpc) is 3.68. The van der Waals surface area contributed by atoms with Crippen molar-refractivity contribution < 1.29 is 14.0 Å². The number of carbonyl (C=O) groups is 2. The zero-order valence-corrected chi connectivity index (χ0v) is 24.0. The van der Waals surface area contributed by atoms with Crippen LogP contribution in [0, 0.1) is 19.7 Å². The van der Waals surface area contributed by atoms with Gasteiger partial charge in [0.05, 0.1) is 5.52 Å². The number of aromatic nitrogens is 4. The molecule has 6 rings (SSSR count). The number of fused-ring (bicyclic) bond motifs is 2. The predicted molar refractivity (Wildman–Crippen MR) is 159 cm³/mol. The van der Waals surface area contributed by atoms with Crippen LogP contribution in [0.15, 0.2) is 30.9 Å². The van der Waals surface area contributed by atoms with Crippen molar-refractivity contribution in [1.29, 1.82) is 0 Å². The fourth-order valence-electron chi connectivity index (χ4n) is 6.15. The van der Waals surface area contributed by atoms with E-state index in [4.69, 9.17) is 4.98 Å². The zero-order valence-electron chi connectivity index (χ0n) is 24.0. The Balaban J connectivity index is 1.57. The lowest BCUT2D eigenvalue weighted by molar-refractivity contribution is -0.128. The van der Waals surface area contributed by atoms with E-state index in [-0.39, 0.29) is 35.4 Å². The third-order valence-corrected chi connectivity index (χ3v) is 8.31. The van der Waals surface area contributed by atoms with Gasteiger partial charge in [0.2, 0.25) is 17.8 Å². The topological polar surface area (TPSA) is 107 Å². The smallest absolute Gasteiger partial charge is 0.246 e. The first-order valence-electron chi connectivity index (χ1n) is 14.0. The van der Waals surface area contributed by atoms with Crippen molar-refractivity contribution in [1.82, 2.24) is 25.1 Å². The van der Waals surface area contributed by atoms with Crippen molar-refractivity contribution in [3.8, 4) is 11.1 Å². The van der Waals surface area contributed by atoms with Crippen molar-refractivity contribution in [3.63, 3.8) is 0 Å². The third-order valence-electron chi connectivity index (χ3n) is 8.31. The number of halogens is 1. The molecular weight excluding hydrogens is 521 g/mol. The predicted octanol–water partition coefficient (Wildman–Crippen LogP) is 5.38. The molecule has 0 bridgehead atoms.